The van der Waals surface area contributed by atoms with Crippen molar-refractivity contribution in [3.05, 3.63) is 0 Å². The fourth-order valence-electron chi connectivity index (χ4n) is 2.44. The van der Waals surface area contributed by atoms with Crippen LogP contribution >= 0.6 is 30.4 Å². The van der Waals surface area contributed by atoms with Gasteiger partial charge in [-0.1, -0.05) is 12.8 Å². The molecule has 0 spiro atoms. The van der Waals surface area contributed by atoms with Crippen LogP contribution in [0.3, 0.4) is 0 Å². The minimum absolute atomic E-state index is 0. The van der Waals surface area contributed by atoms with Gasteiger partial charge in [-0.25, -0.2) is 0 Å². The van der Waals surface area contributed by atoms with E-state index in [4.69, 9.17) is 39.1 Å². The summed E-state index contributed by atoms with van der Waals surface area (Å²) in [6.45, 7) is 0.0375. The first kappa shape index (κ1) is 32.7. The molecule has 0 radical (unpaired) electrons. The van der Waals surface area contributed by atoms with E-state index in [1.807, 2.05) is 0 Å². The molecule has 0 fully saturated rings. The molecular formula is C10H29N2NaO12P4. The molecule has 0 bridgehead atoms. The van der Waals surface area contributed by atoms with Crippen molar-refractivity contribution in [1.82, 2.24) is 9.80 Å². The van der Waals surface area contributed by atoms with Crippen LogP contribution in [0.15, 0.2) is 0 Å². The molecule has 0 unspecified atom stereocenters. The monoisotopic (exact) mass is 516 g/mol. The summed E-state index contributed by atoms with van der Waals surface area (Å²) in [6.07, 6.45) is -1.55. The molecule has 0 saturated carbocycles. The Morgan fingerprint density at radius 2 is 0.655 bits per heavy atom. The third-order valence-corrected chi connectivity index (χ3v) is 6.31. The molecule has 14 nitrogen and oxygen atoms in total. The zero-order valence-corrected chi connectivity index (χ0v) is 18.5. The zero-order chi connectivity index (χ0) is 22.2. The van der Waals surface area contributed by atoms with Crippen LogP contribution < -0.4 is 0 Å². The Morgan fingerprint density at radius 1 is 0.448 bits per heavy atom. The van der Waals surface area contributed by atoms with E-state index >= 15 is 0 Å². The molecule has 29 heavy (non-hydrogen) atoms. The Bertz CT molecular complexity index is 553. The van der Waals surface area contributed by atoms with Crippen molar-refractivity contribution in [2.24, 2.45) is 0 Å². The van der Waals surface area contributed by atoms with Gasteiger partial charge in [0.15, 0.2) is 0 Å². The molecule has 0 aliphatic carbocycles. The minimum atomic E-state index is -4.49. The van der Waals surface area contributed by atoms with Crippen molar-refractivity contribution < 1.29 is 57.4 Å². The zero-order valence-electron chi connectivity index (χ0n) is 15.0. The van der Waals surface area contributed by atoms with E-state index in [-0.39, 0.29) is 42.6 Å². The summed E-state index contributed by atoms with van der Waals surface area (Å²) in [6, 6.07) is 0. The summed E-state index contributed by atoms with van der Waals surface area (Å²) in [7, 11) is -18.0. The molecule has 0 aromatic rings. The van der Waals surface area contributed by atoms with Gasteiger partial charge in [-0.2, -0.15) is 0 Å². The first-order valence-electron chi connectivity index (χ1n) is 7.99. The van der Waals surface area contributed by atoms with Gasteiger partial charge in [0.25, 0.3) is 0 Å². The van der Waals surface area contributed by atoms with Crippen molar-refractivity contribution in [2.45, 2.75) is 25.7 Å². The van der Waals surface area contributed by atoms with Crippen LogP contribution in [0.2, 0.25) is 0 Å². The van der Waals surface area contributed by atoms with Crippen LogP contribution in [0.25, 0.3) is 0 Å². The number of hydrogen-bond acceptors (Lipinski definition) is 6. The predicted molar refractivity (Wildman–Crippen MR) is 107 cm³/mol. The van der Waals surface area contributed by atoms with E-state index in [9.17, 15) is 18.3 Å². The average molecular weight is 516 g/mol. The quantitative estimate of drug-likeness (QED) is 0.0744. The summed E-state index contributed by atoms with van der Waals surface area (Å²) in [5.41, 5.74) is 0. The first-order valence-corrected chi connectivity index (χ1v) is 15.2. The molecule has 0 aromatic heterocycles. The Morgan fingerprint density at radius 3 is 0.828 bits per heavy atom. The van der Waals surface area contributed by atoms with Crippen molar-refractivity contribution >= 4 is 59.9 Å². The second kappa shape index (κ2) is 13.9. The van der Waals surface area contributed by atoms with Gasteiger partial charge in [-0.05, 0) is 25.9 Å². The van der Waals surface area contributed by atoms with Crippen LogP contribution in [-0.2, 0) is 18.3 Å². The van der Waals surface area contributed by atoms with Crippen molar-refractivity contribution in [3.8, 4) is 0 Å². The van der Waals surface area contributed by atoms with Gasteiger partial charge >= 0.3 is 59.9 Å². The molecule has 8 N–H and O–H groups in total. The van der Waals surface area contributed by atoms with Crippen LogP contribution in [0.5, 0.6) is 0 Å². The van der Waals surface area contributed by atoms with Crippen molar-refractivity contribution in [3.63, 3.8) is 0 Å². The van der Waals surface area contributed by atoms with Crippen LogP contribution in [0.4, 0.5) is 0 Å². The summed E-state index contributed by atoms with van der Waals surface area (Å²) < 4.78 is 44.1. The molecule has 0 amide bonds. The second-order valence-corrected chi connectivity index (χ2v) is 12.9. The summed E-state index contributed by atoms with van der Waals surface area (Å²) in [5.74, 6) is 0. The SMILES string of the molecule is O=P(O)(O)CN(CCCCCCN(CP(=O)(O)O)CP(=O)(O)O)CP(=O)(O)O.[NaH]. The number of hydrogen-bond donors (Lipinski definition) is 8. The molecule has 172 valence electrons. The summed E-state index contributed by atoms with van der Waals surface area (Å²) >= 11 is 0. The molecular weight excluding hydrogens is 487 g/mol. The molecule has 0 atom stereocenters. The van der Waals surface area contributed by atoms with Gasteiger partial charge in [-0.3, -0.25) is 28.1 Å². The molecule has 0 rings (SSSR count). The maximum absolute atomic E-state index is 11.0. The van der Waals surface area contributed by atoms with Crippen molar-refractivity contribution in [1.29, 1.82) is 0 Å². The van der Waals surface area contributed by atoms with Gasteiger partial charge in [0.2, 0.25) is 0 Å². The topological polar surface area (TPSA) is 237 Å². The van der Waals surface area contributed by atoms with E-state index in [0.717, 1.165) is 9.80 Å². The molecule has 0 aliphatic rings. The predicted octanol–water partition coefficient (Wildman–Crippen LogP) is -0.957. The van der Waals surface area contributed by atoms with Crippen LogP contribution in [0, 0.1) is 0 Å². The van der Waals surface area contributed by atoms with Gasteiger partial charge < -0.3 is 39.1 Å². The van der Waals surface area contributed by atoms with E-state index in [2.05, 4.69) is 0 Å². The van der Waals surface area contributed by atoms with Gasteiger partial charge in [0.05, 0.1) is 0 Å². The number of nitrogens with zero attached hydrogens (tertiary/aromatic N) is 2. The van der Waals surface area contributed by atoms with E-state index in [0.29, 0.717) is 25.7 Å². The Kier molecular flexibility index (Phi) is 15.7. The van der Waals surface area contributed by atoms with Gasteiger partial charge in [-0.15, -0.1) is 0 Å². The Labute approximate surface area is 190 Å². The van der Waals surface area contributed by atoms with Crippen molar-refractivity contribution in [2.75, 3.05) is 38.2 Å². The van der Waals surface area contributed by atoms with Crippen LogP contribution in [0.1, 0.15) is 25.7 Å². The van der Waals surface area contributed by atoms with Gasteiger partial charge in [0.1, 0.15) is 25.1 Å². The normalized spacial score (nSPS) is 13.7. The fourth-order valence-corrected chi connectivity index (χ4v) is 5.80. The standard InChI is InChI=1S/C10H28N2O12P4.Na.H/c13-25(14,15)7-11(8-26(16,17)18)5-3-1-2-4-6-12(9-27(19,20)21)10-28(22,23)24;;/h1-10H2,(H2,13,14,15)(H2,16,17,18)(H2,19,20,21)(H2,22,23,24);;. The molecule has 0 saturated heterocycles. The van der Waals surface area contributed by atoms with E-state index < -0.39 is 55.5 Å². The number of rotatable bonds is 15. The number of unbranched alkanes of at least 4 members (excludes halogenated alkanes) is 3. The summed E-state index contributed by atoms with van der Waals surface area (Å²) in [5, 5.41) is 0. The molecule has 0 aromatic carbocycles. The van der Waals surface area contributed by atoms with E-state index in [1.165, 1.54) is 0 Å². The second-order valence-electron chi connectivity index (χ2n) is 6.43. The third-order valence-electron chi connectivity index (χ3n) is 3.24. The maximum atomic E-state index is 11.0. The Balaban J connectivity index is 0. The van der Waals surface area contributed by atoms with Gasteiger partial charge in [0, 0.05) is 0 Å². The molecule has 19 heteroatoms. The van der Waals surface area contributed by atoms with E-state index in [1.54, 1.807) is 0 Å². The molecule has 0 aliphatic heterocycles. The molecule has 0 heterocycles. The first-order chi connectivity index (χ1) is 12.4. The summed E-state index contributed by atoms with van der Waals surface area (Å²) in [4.78, 5) is 73.6. The van der Waals surface area contributed by atoms with Crippen LogP contribution in [-0.4, -0.2) is 117 Å². The fraction of sp³-hybridized carbons (Fsp3) is 1.00. The Hall–Kier alpha value is 1.52. The third kappa shape index (κ3) is 24.0. The average Bonchev–Trinajstić information content (AvgIpc) is 2.34.